The third-order valence-corrected chi connectivity index (χ3v) is 2.28. The molecule has 0 fully saturated rings. The van der Waals surface area contributed by atoms with Crippen molar-refractivity contribution >= 4 is 23.6 Å². The first-order valence-electron chi connectivity index (χ1n) is 5.23. The van der Waals surface area contributed by atoms with Gasteiger partial charge in [0.05, 0.1) is 5.69 Å². The van der Waals surface area contributed by atoms with E-state index < -0.39 is 34.8 Å². The lowest BCUT2D eigenvalue weighted by atomic mass is 10.2. The van der Waals surface area contributed by atoms with E-state index in [1.54, 1.807) is 0 Å². The zero-order chi connectivity index (χ0) is 16.4. The van der Waals surface area contributed by atoms with E-state index in [0.717, 1.165) is 24.3 Å². The number of nitrogens with zero attached hydrogens (tertiary/aromatic N) is 1. The largest absolute Gasteiger partial charge is 0.472 e. The lowest BCUT2D eigenvalue weighted by molar-refractivity contribution is -0.181. The molecule has 0 saturated heterocycles. The van der Waals surface area contributed by atoms with Crippen molar-refractivity contribution in [3.63, 3.8) is 0 Å². The van der Waals surface area contributed by atoms with Gasteiger partial charge in [0.15, 0.2) is 0 Å². The molecule has 21 heavy (non-hydrogen) atoms. The molecule has 0 atom stereocenters. The van der Waals surface area contributed by atoms with Crippen molar-refractivity contribution in [1.82, 2.24) is 0 Å². The monoisotopic (exact) mass is 311 g/mol. The minimum absolute atomic E-state index is 0.387. The van der Waals surface area contributed by atoms with E-state index in [1.807, 2.05) is 0 Å². The molecule has 0 N–H and O–H groups in total. The summed E-state index contributed by atoms with van der Waals surface area (Å²) >= 11 is 0. The van der Waals surface area contributed by atoms with E-state index in [1.165, 1.54) is 6.08 Å². The highest BCUT2D eigenvalue weighted by molar-refractivity contribution is 6.18. The van der Waals surface area contributed by atoms with Crippen LogP contribution in [0.15, 0.2) is 30.8 Å². The predicted octanol–water partition coefficient (Wildman–Crippen LogP) is 3.31. The highest BCUT2D eigenvalue weighted by atomic mass is 19.4. The van der Waals surface area contributed by atoms with Crippen LogP contribution < -0.4 is 4.90 Å². The number of alkyl halides is 6. The third-order valence-electron chi connectivity index (χ3n) is 2.28. The fourth-order valence-electron chi connectivity index (χ4n) is 1.34. The van der Waals surface area contributed by atoms with Gasteiger partial charge in [-0.1, -0.05) is 24.8 Å². The third kappa shape index (κ3) is 3.83. The lowest BCUT2D eigenvalue weighted by Crippen LogP contribution is -2.50. The molecule has 3 nitrogen and oxygen atoms in total. The van der Waals surface area contributed by atoms with E-state index in [0.29, 0.717) is 5.56 Å². The summed E-state index contributed by atoms with van der Waals surface area (Å²) in [5.74, 6) is -5.84. The highest BCUT2D eigenvalue weighted by Crippen LogP contribution is 2.29. The van der Waals surface area contributed by atoms with E-state index in [2.05, 4.69) is 6.58 Å². The molecule has 1 aromatic carbocycles. The second kappa shape index (κ2) is 5.58. The molecule has 0 aliphatic heterocycles. The van der Waals surface area contributed by atoms with Crippen molar-refractivity contribution in [3.05, 3.63) is 36.4 Å². The number of amides is 2. The fourth-order valence-corrected chi connectivity index (χ4v) is 1.34. The van der Waals surface area contributed by atoms with Gasteiger partial charge in [-0.15, -0.1) is 0 Å². The van der Waals surface area contributed by atoms with Gasteiger partial charge in [0.25, 0.3) is 0 Å². The number of anilines is 1. The van der Waals surface area contributed by atoms with Crippen molar-refractivity contribution < 1.29 is 35.9 Å². The summed E-state index contributed by atoms with van der Waals surface area (Å²) in [6.07, 6.45) is -9.97. The standard InChI is InChI=1S/C12H7F6NO2/c1-2-7-3-5-8(6-4-7)19(9(20)11(13,14)15)10(21)12(16,17)18/h2-6H,1H2. The van der Waals surface area contributed by atoms with Crippen molar-refractivity contribution in [2.75, 3.05) is 4.90 Å². The molecule has 0 aliphatic rings. The van der Waals surface area contributed by atoms with Crippen LogP contribution in [-0.4, -0.2) is 24.2 Å². The van der Waals surface area contributed by atoms with Gasteiger partial charge in [-0.25, -0.2) is 4.90 Å². The molecule has 0 spiro atoms. The van der Waals surface area contributed by atoms with Crippen LogP contribution in [0.1, 0.15) is 5.56 Å². The van der Waals surface area contributed by atoms with Crippen LogP contribution in [0, 0.1) is 0 Å². The number of carbonyl (C=O) groups excluding carboxylic acids is 2. The first kappa shape index (κ1) is 16.7. The summed E-state index contributed by atoms with van der Waals surface area (Å²) in [6, 6.07) is 3.79. The Morgan fingerprint density at radius 2 is 1.29 bits per heavy atom. The van der Waals surface area contributed by atoms with Gasteiger partial charge in [0, 0.05) is 0 Å². The number of hydrogen-bond acceptors (Lipinski definition) is 2. The lowest BCUT2D eigenvalue weighted by Gasteiger charge is -2.23. The maximum atomic E-state index is 12.4. The average molecular weight is 311 g/mol. The molecule has 0 unspecified atom stereocenters. The first-order chi connectivity index (χ1) is 9.48. The molecule has 0 heterocycles. The van der Waals surface area contributed by atoms with Gasteiger partial charge in [-0.3, -0.25) is 9.59 Å². The van der Waals surface area contributed by atoms with Crippen LogP contribution in [0.5, 0.6) is 0 Å². The first-order valence-corrected chi connectivity index (χ1v) is 5.23. The number of hydrogen-bond donors (Lipinski definition) is 0. The maximum absolute atomic E-state index is 12.4. The smallest absolute Gasteiger partial charge is 0.263 e. The Morgan fingerprint density at radius 3 is 1.57 bits per heavy atom. The van der Waals surface area contributed by atoms with Crippen molar-refractivity contribution in [2.45, 2.75) is 12.4 Å². The minimum atomic E-state index is -5.63. The van der Waals surface area contributed by atoms with Crippen LogP contribution in [0.4, 0.5) is 32.0 Å². The van der Waals surface area contributed by atoms with Crippen LogP contribution in [0.3, 0.4) is 0 Å². The normalized spacial score (nSPS) is 11.9. The van der Waals surface area contributed by atoms with Gasteiger partial charge < -0.3 is 0 Å². The molecular formula is C12H7F6NO2. The van der Waals surface area contributed by atoms with Gasteiger partial charge >= 0.3 is 24.2 Å². The number of halogens is 6. The van der Waals surface area contributed by atoms with E-state index in [4.69, 9.17) is 0 Å². The zero-order valence-corrected chi connectivity index (χ0v) is 10.1. The highest BCUT2D eigenvalue weighted by Gasteiger charge is 2.52. The number of benzene rings is 1. The van der Waals surface area contributed by atoms with E-state index >= 15 is 0 Å². The predicted molar refractivity (Wildman–Crippen MR) is 61.1 cm³/mol. The van der Waals surface area contributed by atoms with Crippen LogP contribution in [0.25, 0.3) is 6.08 Å². The molecule has 0 aliphatic carbocycles. The van der Waals surface area contributed by atoms with Gasteiger partial charge in [-0.2, -0.15) is 26.3 Å². The Bertz CT molecular complexity index is 533. The summed E-state index contributed by atoms with van der Waals surface area (Å²) in [4.78, 5) is 21.2. The second-order valence-electron chi connectivity index (χ2n) is 3.74. The Kier molecular flexibility index (Phi) is 4.45. The number of carbonyl (C=O) groups is 2. The maximum Gasteiger partial charge on any atom is 0.472 e. The van der Waals surface area contributed by atoms with Crippen molar-refractivity contribution in [3.8, 4) is 0 Å². The number of rotatable bonds is 2. The topological polar surface area (TPSA) is 37.4 Å². The van der Waals surface area contributed by atoms with Gasteiger partial charge in [-0.05, 0) is 17.7 Å². The Hall–Kier alpha value is -2.32. The molecule has 0 aromatic heterocycles. The molecule has 0 bridgehead atoms. The molecule has 114 valence electrons. The summed E-state index contributed by atoms with van der Waals surface area (Å²) < 4.78 is 74.1. The quantitative estimate of drug-likeness (QED) is 0.786. The summed E-state index contributed by atoms with van der Waals surface area (Å²) in [5, 5.41) is 0. The van der Waals surface area contributed by atoms with Crippen LogP contribution >= 0.6 is 0 Å². The molecular weight excluding hydrogens is 304 g/mol. The van der Waals surface area contributed by atoms with Crippen molar-refractivity contribution in [1.29, 1.82) is 0 Å². The Morgan fingerprint density at radius 1 is 0.905 bits per heavy atom. The number of imide groups is 1. The zero-order valence-electron chi connectivity index (χ0n) is 10.1. The van der Waals surface area contributed by atoms with Crippen LogP contribution in [-0.2, 0) is 9.59 Å². The Balaban J connectivity index is 3.34. The minimum Gasteiger partial charge on any atom is -0.263 e. The average Bonchev–Trinajstić information content (AvgIpc) is 2.37. The molecule has 2 amide bonds. The molecule has 0 saturated carbocycles. The summed E-state index contributed by atoms with van der Waals surface area (Å²) in [7, 11) is 0. The SMILES string of the molecule is C=Cc1ccc(N(C(=O)C(F)(F)F)C(=O)C(F)(F)F)cc1. The molecule has 1 rings (SSSR count). The van der Waals surface area contributed by atoms with Crippen LogP contribution in [0.2, 0.25) is 0 Å². The second-order valence-corrected chi connectivity index (χ2v) is 3.74. The summed E-state index contributed by atoms with van der Waals surface area (Å²) in [6.45, 7) is 3.35. The van der Waals surface area contributed by atoms with E-state index in [-0.39, 0.29) is 0 Å². The fraction of sp³-hybridized carbons (Fsp3) is 0.167. The molecule has 1 aromatic rings. The summed E-state index contributed by atoms with van der Waals surface area (Å²) in [5.41, 5.74) is -0.456. The van der Waals surface area contributed by atoms with Gasteiger partial charge in [0.1, 0.15) is 0 Å². The molecule has 0 radical (unpaired) electrons. The van der Waals surface area contributed by atoms with Crippen molar-refractivity contribution in [2.24, 2.45) is 0 Å². The van der Waals surface area contributed by atoms with E-state index in [9.17, 15) is 35.9 Å². The van der Waals surface area contributed by atoms with Gasteiger partial charge in [0.2, 0.25) is 0 Å². The molecule has 9 heteroatoms. The Labute approximate surface area is 114 Å².